The molecule has 7 heteroatoms. The molecule has 7 nitrogen and oxygen atoms in total. The van der Waals surface area contributed by atoms with Crippen LogP contribution in [-0.2, 0) is 16.0 Å². The van der Waals surface area contributed by atoms with Gasteiger partial charge in [-0.05, 0) is 29.7 Å². The van der Waals surface area contributed by atoms with Crippen molar-refractivity contribution >= 4 is 24.0 Å². The van der Waals surface area contributed by atoms with E-state index in [1.54, 1.807) is 12.1 Å². The van der Waals surface area contributed by atoms with E-state index in [4.69, 9.17) is 5.11 Å². The SMILES string of the molecule is O=C(CC(=O)N/N=C\c1ccc(C(=O)O)cc1)NCCc1ccccc1. The Morgan fingerprint density at radius 3 is 2.31 bits per heavy atom. The third kappa shape index (κ3) is 6.56. The first-order valence-electron chi connectivity index (χ1n) is 8.00. The molecule has 0 saturated heterocycles. The van der Waals surface area contributed by atoms with Gasteiger partial charge >= 0.3 is 5.97 Å². The van der Waals surface area contributed by atoms with Gasteiger partial charge in [0.2, 0.25) is 11.8 Å². The van der Waals surface area contributed by atoms with E-state index in [9.17, 15) is 14.4 Å². The summed E-state index contributed by atoms with van der Waals surface area (Å²) < 4.78 is 0. The summed E-state index contributed by atoms with van der Waals surface area (Å²) in [6.45, 7) is 0.454. The molecular formula is C19H19N3O4. The predicted molar refractivity (Wildman–Crippen MR) is 96.9 cm³/mol. The number of hydrazone groups is 1. The fourth-order valence-corrected chi connectivity index (χ4v) is 2.13. The maximum absolute atomic E-state index is 11.7. The second kappa shape index (κ2) is 9.73. The lowest BCUT2D eigenvalue weighted by atomic mass is 10.1. The van der Waals surface area contributed by atoms with Gasteiger partial charge in [-0.25, -0.2) is 10.2 Å². The van der Waals surface area contributed by atoms with Gasteiger partial charge in [0.25, 0.3) is 0 Å². The first kappa shape index (κ1) is 18.9. The normalized spacial score (nSPS) is 10.5. The van der Waals surface area contributed by atoms with Gasteiger partial charge in [-0.3, -0.25) is 9.59 Å². The van der Waals surface area contributed by atoms with Crippen LogP contribution in [0.25, 0.3) is 0 Å². The minimum Gasteiger partial charge on any atom is -0.478 e. The lowest BCUT2D eigenvalue weighted by Gasteiger charge is -2.04. The Morgan fingerprint density at radius 2 is 1.65 bits per heavy atom. The molecule has 0 bridgehead atoms. The lowest BCUT2D eigenvalue weighted by Crippen LogP contribution is -2.31. The number of aromatic carboxylic acids is 1. The fraction of sp³-hybridized carbons (Fsp3) is 0.158. The van der Waals surface area contributed by atoms with Gasteiger partial charge < -0.3 is 10.4 Å². The van der Waals surface area contributed by atoms with Crippen molar-refractivity contribution in [2.45, 2.75) is 12.8 Å². The van der Waals surface area contributed by atoms with E-state index >= 15 is 0 Å². The number of amides is 2. The molecule has 0 saturated carbocycles. The molecule has 26 heavy (non-hydrogen) atoms. The van der Waals surface area contributed by atoms with Crippen molar-refractivity contribution in [2.75, 3.05) is 6.54 Å². The van der Waals surface area contributed by atoms with E-state index < -0.39 is 11.9 Å². The molecule has 0 aliphatic carbocycles. The van der Waals surface area contributed by atoms with Gasteiger partial charge in [-0.1, -0.05) is 42.5 Å². The van der Waals surface area contributed by atoms with Gasteiger partial charge in [-0.2, -0.15) is 5.10 Å². The second-order valence-electron chi connectivity index (χ2n) is 5.48. The van der Waals surface area contributed by atoms with Crippen LogP contribution in [0.4, 0.5) is 0 Å². The Bertz CT molecular complexity index is 786. The van der Waals surface area contributed by atoms with Crippen LogP contribution in [0.1, 0.15) is 27.9 Å². The monoisotopic (exact) mass is 353 g/mol. The van der Waals surface area contributed by atoms with Gasteiger partial charge in [0, 0.05) is 6.54 Å². The molecule has 0 aliphatic heterocycles. The van der Waals surface area contributed by atoms with Crippen molar-refractivity contribution < 1.29 is 19.5 Å². The first-order chi connectivity index (χ1) is 12.5. The number of benzene rings is 2. The van der Waals surface area contributed by atoms with Crippen LogP contribution in [0.5, 0.6) is 0 Å². The van der Waals surface area contributed by atoms with Crippen molar-refractivity contribution in [2.24, 2.45) is 5.10 Å². The minimum absolute atomic E-state index is 0.165. The number of carbonyl (C=O) groups excluding carboxylic acids is 2. The molecular weight excluding hydrogens is 334 g/mol. The van der Waals surface area contributed by atoms with Gasteiger partial charge in [-0.15, -0.1) is 0 Å². The number of carbonyl (C=O) groups is 3. The molecule has 3 N–H and O–H groups in total. The van der Waals surface area contributed by atoms with E-state index in [-0.39, 0.29) is 17.9 Å². The maximum atomic E-state index is 11.7. The van der Waals surface area contributed by atoms with Crippen molar-refractivity contribution in [1.82, 2.24) is 10.7 Å². The highest BCUT2D eigenvalue weighted by molar-refractivity contribution is 5.97. The van der Waals surface area contributed by atoms with Gasteiger partial charge in [0.15, 0.2) is 0 Å². The molecule has 2 aromatic rings. The van der Waals surface area contributed by atoms with Crippen LogP contribution < -0.4 is 10.7 Å². The van der Waals surface area contributed by atoms with Crippen LogP contribution in [0.15, 0.2) is 59.7 Å². The zero-order valence-electron chi connectivity index (χ0n) is 14.0. The number of carboxylic acid groups (broad SMARTS) is 1. The highest BCUT2D eigenvalue weighted by Crippen LogP contribution is 2.02. The molecule has 0 radical (unpaired) electrons. The number of rotatable bonds is 8. The van der Waals surface area contributed by atoms with Crippen molar-refractivity contribution in [1.29, 1.82) is 0 Å². The predicted octanol–water partition coefficient (Wildman–Crippen LogP) is 1.58. The standard InChI is InChI=1S/C19H19N3O4/c23-17(20-11-10-14-4-2-1-3-5-14)12-18(24)22-21-13-15-6-8-16(9-7-15)19(25)26/h1-9,13H,10-12H2,(H,20,23)(H,22,24)(H,25,26)/b21-13-. The Hall–Kier alpha value is -3.48. The summed E-state index contributed by atoms with van der Waals surface area (Å²) in [6.07, 6.45) is 1.75. The third-order valence-corrected chi connectivity index (χ3v) is 3.46. The van der Waals surface area contributed by atoms with Crippen LogP contribution >= 0.6 is 0 Å². The molecule has 0 spiro atoms. The molecule has 0 heterocycles. The highest BCUT2D eigenvalue weighted by atomic mass is 16.4. The molecule has 2 rings (SSSR count). The molecule has 2 aromatic carbocycles. The van der Waals surface area contributed by atoms with E-state index in [1.165, 1.54) is 18.3 Å². The van der Waals surface area contributed by atoms with Crippen LogP contribution in [0, 0.1) is 0 Å². The highest BCUT2D eigenvalue weighted by Gasteiger charge is 2.08. The van der Waals surface area contributed by atoms with Crippen molar-refractivity contribution in [3.05, 3.63) is 71.3 Å². The molecule has 0 aliphatic rings. The second-order valence-corrected chi connectivity index (χ2v) is 5.48. The van der Waals surface area contributed by atoms with E-state index in [2.05, 4.69) is 15.8 Å². The first-order valence-corrected chi connectivity index (χ1v) is 8.00. The van der Waals surface area contributed by atoms with E-state index in [1.807, 2.05) is 30.3 Å². The summed E-state index contributed by atoms with van der Waals surface area (Å²) in [5.74, 6) is -1.92. The zero-order valence-corrected chi connectivity index (χ0v) is 14.0. The topological polar surface area (TPSA) is 108 Å². The average molecular weight is 353 g/mol. The van der Waals surface area contributed by atoms with Crippen LogP contribution in [0.3, 0.4) is 0 Å². The largest absolute Gasteiger partial charge is 0.478 e. The number of hydrogen-bond donors (Lipinski definition) is 3. The van der Waals surface area contributed by atoms with E-state index in [0.29, 0.717) is 18.5 Å². The summed E-state index contributed by atoms with van der Waals surface area (Å²) in [5, 5.41) is 15.2. The summed E-state index contributed by atoms with van der Waals surface area (Å²) in [4.78, 5) is 34.1. The maximum Gasteiger partial charge on any atom is 0.335 e. The third-order valence-electron chi connectivity index (χ3n) is 3.46. The number of hydrogen-bond acceptors (Lipinski definition) is 4. The lowest BCUT2D eigenvalue weighted by molar-refractivity contribution is -0.129. The van der Waals surface area contributed by atoms with Crippen LogP contribution in [-0.4, -0.2) is 35.6 Å². The Kier molecular flexibility index (Phi) is 7.05. The van der Waals surface area contributed by atoms with Gasteiger partial charge in [0.1, 0.15) is 6.42 Å². The molecule has 134 valence electrons. The summed E-state index contributed by atoms with van der Waals surface area (Å²) in [5.41, 5.74) is 4.16. The smallest absolute Gasteiger partial charge is 0.335 e. The number of carboxylic acids is 1. The summed E-state index contributed by atoms with van der Waals surface area (Å²) >= 11 is 0. The Morgan fingerprint density at radius 1 is 0.962 bits per heavy atom. The Labute approximate surface area is 150 Å². The number of nitrogens with zero attached hydrogens (tertiary/aromatic N) is 1. The minimum atomic E-state index is -1.01. The Balaban J connectivity index is 1.68. The van der Waals surface area contributed by atoms with Crippen molar-refractivity contribution in [3.8, 4) is 0 Å². The average Bonchev–Trinajstić information content (AvgIpc) is 2.63. The fourth-order valence-electron chi connectivity index (χ4n) is 2.13. The van der Waals surface area contributed by atoms with E-state index in [0.717, 1.165) is 5.56 Å². The number of nitrogens with one attached hydrogen (secondary N) is 2. The quantitative estimate of drug-likeness (QED) is 0.380. The summed E-state index contributed by atoms with van der Waals surface area (Å²) in [7, 11) is 0. The van der Waals surface area contributed by atoms with Gasteiger partial charge in [0.05, 0.1) is 11.8 Å². The van der Waals surface area contributed by atoms with Crippen LogP contribution in [0.2, 0.25) is 0 Å². The molecule has 0 unspecified atom stereocenters. The molecule has 0 fully saturated rings. The zero-order chi connectivity index (χ0) is 18.8. The molecule has 0 atom stereocenters. The molecule has 2 amide bonds. The van der Waals surface area contributed by atoms with Crippen molar-refractivity contribution in [3.63, 3.8) is 0 Å². The molecule has 0 aromatic heterocycles. The summed E-state index contributed by atoms with van der Waals surface area (Å²) in [6, 6.07) is 15.7.